The number of aldehydes is 1. The highest BCUT2D eigenvalue weighted by molar-refractivity contribution is 7.71. The van der Waals surface area contributed by atoms with Crippen LogP contribution in [0.4, 0.5) is 0 Å². The van der Waals surface area contributed by atoms with E-state index >= 15 is 0 Å². The fourth-order valence-electron chi connectivity index (χ4n) is 1.42. The fraction of sp³-hybridized carbons (Fsp3) is 0.0909. The highest BCUT2D eigenvalue weighted by atomic mass is 32.1. The molecule has 0 aliphatic rings. The number of benzene rings is 1. The van der Waals surface area contributed by atoms with Gasteiger partial charge in [-0.25, -0.2) is 0 Å². The minimum absolute atomic E-state index is 0.498. The minimum Gasteiger partial charge on any atom is -0.346 e. The predicted molar refractivity (Wildman–Crippen MR) is 59.3 cm³/mol. The second-order valence-corrected chi connectivity index (χ2v) is 3.67. The van der Waals surface area contributed by atoms with Gasteiger partial charge in [0, 0.05) is 11.1 Å². The van der Waals surface area contributed by atoms with Gasteiger partial charge in [-0.1, -0.05) is 24.4 Å². The Morgan fingerprint density at radius 3 is 2.86 bits per heavy atom. The largest absolute Gasteiger partial charge is 0.346 e. The Morgan fingerprint density at radius 1 is 1.36 bits per heavy atom. The number of fused-ring (bicyclic) bond motifs is 1. The van der Waals surface area contributed by atoms with Crippen molar-refractivity contribution in [3.8, 4) is 0 Å². The van der Waals surface area contributed by atoms with Gasteiger partial charge in [-0.3, -0.25) is 4.79 Å². The molecule has 0 radical (unpaired) electrons. The molecule has 1 aromatic carbocycles. The van der Waals surface area contributed by atoms with Crippen LogP contribution in [0.3, 0.4) is 0 Å². The minimum atomic E-state index is 0.498. The fourth-order valence-corrected chi connectivity index (χ4v) is 1.64. The van der Waals surface area contributed by atoms with Gasteiger partial charge in [-0.2, -0.15) is 0 Å². The molecule has 3 heteroatoms. The normalized spacial score (nSPS) is 10.4. The third kappa shape index (κ3) is 1.46. The van der Waals surface area contributed by atoms with Crippen LogP contribution >= 0.6 is 12.2 Å². The molecule has 2 nitrogen and oxygen atoms in total. The summed E-state index contributed by atoms with van der Waals surface area (Å²) in [5, 5.41) is 1.01. The van der Waals surface area contributed by atoms with E-state index in [4.69, 9.17) is 12.2 Å². The lowest BCUT2D eigenvalue weighted by molar-refractivity contribution is 0.112. The van der Waals surface area contributed by atoms with E-state index < -0.39 is 0 Å². The van der Waals surface area contributed by atoms with Gasteiger partial charge in [-0.15, -0.1) is 0 Å². The molecule has 0 atom stereocenters. The summed E-state index contributed by atoms with van der Waals surface area (Å²) < 4.78 is 0.498. The number of pyridine rings is 1. The smallest absolute Gasteiger partial charge is 0.153 e. The van der Waals surface area contributed by atoms with Crippen molar-refractivity contribution in [2.24, 2.45) is 0 Å². The van der Waals surface area contributed by atoms with Crippen LogP contribution in [-0.4, -0.2) is 11.3 Å². The van der Waals surface area contributed by atoms with Crippen LogP contribution in [0.1, 0.15) is 15.9 Å². The van der Waals surface area contributed by atoms with E-state index in [2.05, 4.69) is 4.98 Å². The molecule has 2 rings (SSSR count). The van der Waals surface area contributed by atoms with E-state index in [9.17, 15) is 4.79 Å². The standard InChI is InChI=1S/C11H9NOS/c1-7-2-3-8-5-9(6-13)11(14)12-10(8)4-7/h2-6H,1H3,(H,12,14). The van der Waals surface area contributed by atoms with Crippen molar-refractivity contribution in [2.75, 3.05) is 0 Å². The number of nitrogens with one attached hydrogen (secondary N) is 1. The van der Waals surface area contributed by atoms with Crippen LogP contribution in [0.2, 0.25) is 0 Å². The molecule has 0 aliphatic heterocycles. The first-order valence-corrected chi connectivity index (χ1v) is 4.70. The Hall–Kier alpha value is -1.48. The summed E-state index contributed by atoms with van der Waals surface area (Å²) in [6, 6.07) is 7.80. The number of aromatic amines is 1. The first-order chi connectivity index (χ1) is 6.70. The maximum absolute atomic E-state index is 10.7. The third-order valence-corrected chi connectivity index (χ3v) is 2.49. The molecule has 1 N–H and O–H groups in total. The van der Waals surface area contributed by atoms with E-state index in [1.54, 1.807) is 6.07 Å². The number of H-pyrrole nitrogens is 1. The molecule has 0 bridgehead atoms. The molecule has 70 valence electrons. The van der Waals surface area contributed by atoms with Gasteiger partial charge in [0.25, 0.3) is 0 Å². The summed E-state index contributed by atoms with van der Waals surface area (Å²) in [6.07, 6.45) is 0.776. The Bertz CT molecular complexity index is 557. The van der Waals surface area contributed by atoms with Crippen LogP contribution in [0.5, 0.6) is 0 Å². The van der Waals surface area contributed by atoms with Crippen molar-refractivity contribution in [3.63, 3.8) is 0 Å². The zero-order valence-electron chi connectivity index (χ0n) is 7.70. The number of rotatable bonds is 1. The van der Waals surface area contributed by atoms with Crippen LogP contribution in [0.25, 0.3) is 10.9 Å². The number of aromatic nitrogens is 1. The first kappa shape index (κ1) is 9.09. The lowest BCUT2D eigenvalue weighted by Crippen LogP contribution is -1.88. The Morgan fingerprint density at radius 2 is 2.14 bits per heavy atom. The van der Waals surface area contributed by atoms with Crippen LogP contribution in [-0.2, 0) is 0 Å². The zero-order chi connectivity index (χ0) is 10.1. The van der Waals surface area contributed by atoms with Crippen molar-refractivity contribution in [3.05, 3.63) is 40.0 Å². The quantitative estimate of drug-likeness (QED) is 0.571. The SMILES string of the molecule is Cc1ccc2cc(C=O)c(=S)[nH]c2c1. The Labute approximate surface area is 86.6 Å². The van der Waals surface area contributed by atoms with E-state index in [0.717, 1.165) is 17.2 Å². The van der Waals surface area contributed by atoms with Crippen LogP contribution in [0, 0.1) is 11.6 Å². The zero-order valence-corrected chi connectivity index (χ0v) is 8.52. The molecule has 2 aromatic rings. The molecule has 0 saturated carbocycles. The van der Waals surface area contributed by atoms with Gasteiger partial charge in [0.05, 0.1) is 0 Å². The highest BCUT2D eigenvalue weighted by Gasteiger charge is 1.98. The molecule has 0 unspecified atom stereocenters. The molecule has 0 aliphatic carbocycles. The third-order valence-electron chi connectivity index (χ3n) is 2.16. The van der Waals surface area contributed by atoms with Crippen molar-refractivity contribution < 1.29 is 4.79 Å². The van der Waals surface area contributed by atoms with Gasteiger partial charge in [-0.05, 0) is 30.0 Å². The van der Waals surface area contributed by atoms with Crippen molar-refractivity contribution in [1.29, 1.82) is 0 Å². The van der Waals surface area contributed by atoms with Crippen molar-refractivity contribution in [2.45, 2.75) is 6.92 Å². The predicted octanol–water partition coefficient (Wildman–Crippen LogP) is 3.02. The molecular formula is C11H9NOS. The number of hydrogen-bond acceptors (Lipinski definition) is 2. The molecule has 0 fully saturated rings. The van der Waals surface area contributed by atoms with E-state index in [1.807, 2.05) is 25.1 Å². The first-order valence-electron chi connectivity index (χ1n) is 4.29. The molecular weight excluding hydrogens is 194 g/mol. The maximum Gasteiger partial charge on any atom is 0.153 e. The second-order valence-electron chi connectivity index (χ2n) is 3.26. The average molecular weight is 203 g/mol. The van der Waals surface area contributed by atoms with Gasteiger partial charge in [0.2, 0.25) is 0 Å². The lowest BCUT2D eigenvalue weighted by Gasteiger charge is -2.00. The summed E-state index contributed by atoms with van der Waals surface area (Å²) in [5.41, 5.74) is 2.68. The number of hydrogen-bond donors (Lipinski definition) is 1. The van der Waals surface area contributed by atoms with Crippen molar-refractivity contribution >= 4 is 29.4 Å². The lowest BCUT2D eigenvalue weighted by atomic mass is 10.1. The van der Waals surface area contributed by atoms with E-state index in [0.29, 0.717) is 10.2 Å². The summed E-state index contributed by atoms with van der Waals surface area (Å²) in [4.78, 5) is 13.7. The monoisotopic (exact) mass is 203 g/mol. The molecule has 0 saturated heterocycles. The van der Waals surface area contributed by atoms with Gasteiger partial charge >= 0.3 is 0 Å². The molecule has 0 amide bonds. The van der Waals surface area contributed by atoms with Gasteiger partial charge < -0.3 is 4.98 Å². The highest BCUT2D eigenvalue weighted by Crippen LogP contribution is 2.15. The van der Waals surface area contributed by atoms with Gasteiger partial charge in [0.15, 0.2) is 6.29 Å². The average Bonchev–Trinajstić information content (AvgIpc) is 2.16. The Balaban J connectivity index is 2.86. The second kappa shape index (κ2) is 3.35. The van der Waals surface area contributed by atoms with Crippen molar-refractivity contribution in [1.82, 2.24) is 4.98 Å². The summed E-state index contributed by atoms with van der Waals surface area (Å²) in [7, 11) is 0. The Kier molecular flexibility index (Phi) is 2.17. The molecule has 1 heterocycles. The summed E-state index contributed by atoms with van der Waals surface area (Å²) >= 11 is 5.04. The number of carbonyl (C=O) groups is 1. The summed E-state index contributed by atoms with van der Waals surface area (Å²) in [5.74, 6) is 0. The van der Waals surface area contributed by atoms with Crippen LogP contribution in [0.15, 0.2) is 24.3 Å². The topological polar surface area (TPSA) is 32.9 Å². The van der Waals surface area contributed by atoms with E-state index in [1.165, 1.54) is 5.56 Å². The molecule has 14 heavy (non-hydrogen) atoms. The van der Waals surface area contributed by atoms with E-state index in [-0.39, 0.29) is 0 Å². The van der Waals surface area contributed by atoms with Crippen LogP contribution < -0.4 is 0 Å². The number of carbonyl (C=O) groups excluding carboxylic acids is 1. The maximum atomic E-state index is 10.7. The van der Waals surface area contributed by atoms with Gasteiger partial charge in [0.1, 0.15) is 4.64 Å². The summed E-state index contributed by atoms with van der Waals surface area (Å²) in [6.45, 7) is 2.02. The number of aryl methyl sites for hydroxylation is 1. The molecule has 1 aromatic heterocycles. The molecule has 0 spiro atoms.